The average Bonchev–Trinajstić information content (AvgIpc) is 2.77. The van der Waals surface area contributed by atoms with Crippen molar-refractivity contribution in [2.75, 3.05) is 13.6 Å². The fraction of sp³-hybridized carbons (Fsp3) is 0.583. The lowest BCUT2D eigenvalue weighted by Crippen LogP contribution is -2.36. The van der Waals surface area contributed by atoms with Crippen LogP contribution in [-0.2, 0) is 11.3 Å². The van der Waals surface area contributed by atoms with Crippen molar-refractivity contribution >= 4 is 5.91 Å². The Kier molecular flexibility index (Phi) is 5.05. The van der Waals surface area contributed by atoms with Crippen LogP contribution in [0.1, 0.15) is 25.5 Å². The van der Waals surface area contributed by atoms with Gasteiger partial charge in [0, 0.05) is 13.6 Å². The lowest BCUT2D eigenvalue weighted by molar-refractivity contribution is -0.134. The summed E-state index contributed by atoms with van der Waals surface area (Å²) in [5.74, 6) is 0.828. The molecule has 0 radical (unpaired) electrons. The molecule has 0 saturated carbocycles. The van der Waals surface area contributed by atoms with Crippen molar-refractivity contribution in [3.05, 3.63) is 24.2 Å². The van der Waals surface area contributed by atoms with Crippen molar-refractivity contribution in [3.8, 4) is 0 Å². The third kappa shape index (κ3) is 3.38. The van der Waals surface area contributed by atoms with E-state index < -0.39 is 0 Å². The van der Waals surface area contributed by atoms with Gasteiger partial charge in [-0.1, -0.05) is 13.3 Å². The minimum absolute atomic E-state index is 0.0648. The Morgan fingerprint density at radius 3 is 2.88 bits per heavy atom. The Bertz CT molecular complexity index is 309. The van der Waals surface area contributed by atoms with Crippen molar-refractivity contribution in [1.29, 1.82) is 0 Å². The molecule has 4 nitrogen and oxygen atoms in total. The molecule has 0 aliphatic carbocycles. The SMILES string of the molecule is CCCC(CN)C(=O)N(C)Cc1ccco1. The van der Waals surface area contributed by atoms with E-state index in [0.29, 0.717) is 13.1 Å². The highest BCUT2D eigenvalue weighted by atomic mass is 16.3. The molecule has 0 aromatic carbocycles. The molecule has 4 heteroatoms. The highest BCUT2D eigenvalue weighted by Gasteiger charge is 2.20. The number of amides is 1. The first-order valence-corrected chi connectivity index (χ1v) is 5.66. The number of carbonyl (C=O) groups excluding carboxylic acids is 1. The van der Waals surface area contributed by atoms with Gasteiger partial charge in [0.25, 0.3) is 0 Å². The lowest BCUT2D eigenvalue weighted by atomic mass is 10.0. The van der Waals surface area contributed by atoms with Gasteiger partial charge in [0.1, 0.15) is 5.76 Å². The molecular weight excluding hydrogens is 204 g/mol. The van der Waals surface area contributed by atoms with E-state index >= 15 is 0 Å². The molecular formula is C12H20N2O2. The molecule has 1 unspecified atom stereocenters. The number of furan rings is 1. The fourth-order valence-electron chi connectivity index (χ4n) is 1.72. The van der Waals surface area contributed by atoms with Crippen LogP contribution < -0.4 is 5.73 Å². The number of hydrogen-bond donors (Lipinski definition) is 1. The molecule has 0 saturated heterocycles. The Hall–Kier alpha value is -1.29. The largest absolute Gasteiger partial charge is 0.467 e. The zero-order valence-corrected chi connectivity index (χ0v) is 9.98. The molecule has 1 aromatic heterocycles. The Balaban J connectivity index is 2.52. The number of carbonyl (C=O) groups is 1. The van der Waals surface area contributed by atoms with Gasteiger partial charge in [-0.25, -0.2) is 0 Å². The summed E-state index contributed by atoms with van der Waals surface area (Å²) in [5, 5.41) is 0. The first-order valence-electron chi connectivity index (χ1n) is 5.66. The van der Waals surface area contributed by atoms with E-state index in [1.54, 1.807) is 18.2 Å². The molecule has 1 rings (SSSR count). The second-order valence-corrected chi connectivity index (χ2v) is 3.99. The minimum Gasteiger partial charge on any atom is -0.467 e. The van der Waals surface area contributed by atoms with E-state index in [4.69, 9.17) is 10.2 Å². The first kappa shape index (κ1) is 12.8. The minimum atomic E-state index is -0.0648. The van der Waals surface area contributed by atoms with Crippen molar-refractivity contribution in [2.45, 2.75) is 26.3 Å². The molecule has 90 valence electrons. The number of nitrogens with zero attached hydrogens (tertiary/aromatic N) is 1. The van der Waals surface area contributed by atoms with Crippen molar-refractivity contribution < 1.29 is 9.21 Å². The van der Waals surface area contributed by atoms with Crippen LogP contribution in [0.15, 0.2) is 22.8 Å². The van der Waals surface area contributed by atoms with Crippen molar-refractivity contribution in [3.63, 3.8) is 0 Å². The van der Waals surface area contributed by atoms with Crippen LogP contribution in [0.5, 0.6) is 0 Å². The van der Waals surface area contributed by atoms with E-state index in [2.05, 4.69) is 6.92 Å². The molecule has 0 aliphatic heterocycles. The third-order valence-electron chi connectivity index (χ3n) is 2.62. The van der Waals surface area contributed by atoms with Gasteiger partial charge in [0.15, 0.2) is 0 Å². The zero-order valence-electron chi connectivity index (χ0n) is 9.98. The van der Waals surface area contributed by atoms with E-state index in [9.17, 15) is 4.79 Å². The number of rotatable bonds is 6. The molecule has 1 amide bonds. The van der Waals surface area contributed by atoms with E-state index in [1.807, 2.05) is 12.1 Å². The Morgan fingerprint density at radius 1 is 1.62 bits per heavy atom. The van der Waals surface area contributed by atoms with Gasteiger partial charge >= 0.3 is 0 Å². The number of hydrogen-bond acceptors (Lipinski definition) is 3. The van der Waals surface area contributed by atoms with E-state index in [1.165, 1.54) is 0 Å². The van der Waals surface area contributed by atoms with Crippen LogP contribution in [0.4, 0.5) is 0 Å². The van der Waals surface area contributed by atoms with Gasteiger partial charge in [-0.3, -0.25) is 4.79 Å². The summed E-state index contributed by atoms with van der Waals surface area (Å²) >= 11 is 0. The van der Waals surface area contributed by atoms with Crippen LogP contribution in [0.2, 0.25) is 0 Å². The summed E-state index contributed by atoms with van der Waals surface area (Å²) < 4.78 is 5.20. The summed E-state index contributed by atoms with van der Waals surface area (Å²) in [4.78, 5) is 13.7. The number of nitrogens with two attached hydrogens (primary N) is 1. The average molecular weight is 224 g/mol. The molecule has 16 heavy (non-hydrogen) atoms. The smallest absolute Gasteiger partial charge is 0.227 e. The maximum atomic E-state index is 12.0. The highest BCUT2D eigenvalue weighted by Crippen LogP contribution is 2.11. The molecule has 0 aliphatic rings. The van der Waals surface area contributed by atoms with Gasteiger partial charge in [-0.2, -0.15) is 0 Å². The van der Waals surface area contributed by atoms with Gasteiger partial charge < -0.3 is 15.1 Å². The van der Waals surface area contributed by atoms with Gasteiger partial charge in [0.05, 0.1) is 18.7 Å². The van der Waals surface area contributed by atoms with Crippen LogP contribution in [0.25, 0.3) is 0 Å². The van der Waals surface area contributed by atoms with Crippen LogP contribution in [0.3, 0.4) is 0 Å². The molecule has 1 aromatic rings. The Labute approximate surface area is 96.4 Å². The highest BCUT2D eigenvalue weighted by molar-refractivity contribution is 5.78. The predicted molar refractivity (Wildman–Crippen MR) is 62.6 cm³/mol. The second-order valence-electron chi connectivity index (χ2n) is 3.99. The molecule has 0 bridgehead atoms. The van der Waals surface area contributed by atoms with E-state index in [-0.39, 0.29) is 11.8 Å². The molecule has 1 atom stereocenters. The monoisotopic (exact) mass is 224 g/mol. The Morgan fingerprint density at radius 2 is 2.38 bits per heavy atom. The van der Waals surface area contributed by atoms with Gasteiger partial charge in [-0.05, 0) is 18.6 Å². The maximum Gasteiger partial charge on any atom is 0.227 e. The summed E-state index contributed by atoms with van der Waals surface area (Å²) in [6.07, 6.45) is 3.43. The van der Waals surface area contributed by atoms with Crippen LogP contribution in [0, 0.1) is 5.92 Å². The lowest BCUT2D eigenvalue weighted by Gasteiger charge is -2.21. The molecule has 0 spiro atoms. The summed E-state index contributed by atoms with van der Waals surface area (Å²) in [6.45, 7) is 2.98. The second kappa shape index (κ2) is 6.33. The predicted octanol–water partition coefficient (Wildman–Crippen LogP) is 1.61. The fourth-order valence-corrected chi connectivity index (χ4v) is 1.72. The topological polar surface area (TPSA) is 59.5 Å². The van der Waals surface area contributed by atoms with Crippen molar-refractivity contribution in [1.82, 2.24) is 4.90 Å². The van der Waals surface area contributed by atoms with Crippen LogP contribution in [-0.4, -0.2) is 24.4 Å². The van der Waals surface area contributed by atoms with Gasteiger partial charge in [-0.15, -0.1) is 0 Å². The zero-order chi connectivity index (χ0) is 12.0. The molecule has 1 heterocycles. The van der Waals surface area contributed by atoms with Gasteiger partial charge in [0.2, 0.25) is 5.91 Å². The molecule has 0 fully saturated rings. The summed E-state index contributed by atoms with van der Waals surface area (Å²) in [6, 6.07) is 3.68. The third-order valence-corrected chi connectivity index (χ3v) is 2.62. The van der Waals surface area contributed by atoms with Crippen molar-refractivity contribution in [2.24, 2.45) is 11.7 Å². The van der Waals surface area contributed by atoms with E-state index in [0.717, 1.165) is 18.6 Å². The quantitative estimate of drug-likeness (QED) is 0.798. The normalized spacial score (nSPS) is 12.4. The summed E-state index contributed by atoms with van der Waals surface area (Å²) in [7, 11) is 1.78. The van der Waals surface area contributed by atoms with Crippen LogP contribution >= 0.6 is 0 Å². The summed E-state index contributed by atoms with van der Waals surface area (Å²) in [5.41, 5.74) is 5.60. The maximum absolute atomic E-state index is 12.0. The molecule has 2 N–H and O–H groups in total. The standard InChI is InChI=1S/C12H20N2O2/c1-3-5-10(8-13)12(15)14(2)9-11-6-4-7-16-11/h4,6-7,10H,3,5,8-9,13H2,1-2H3. The first-order chi connectivity index (χ1) is 7.69.